The molecule has 0 radical (unpaired) electrons. The fourth-order valence-corrected chi connectivity index (χ4v) is 4.53. The molecule has 0 aliphatic carbocycles. The van der Waals surface area contributed by atoms with Gasteiger partial charge in [-0.15, -0.1) is 17.9 Å². The third-order valence-corrected chi connectivity index (χ3v) is 6.14. The highest BCUT2D eigenvalue weighted by atomic mass is 32.1. The van der Waals surface area contributed by atoms with Gasteiger partial charge in [-0.25, -0.2) is 0 Å². The van der Waals surface area contributed by atoms with E-state index in [1.807, 2.05) is 28.0 Å². The molecular weight excluding hydrogens is 384 g/mol. The predicted molar refractivity (Wildman–Crippen MR) is 117 cm³/mol. The Morgan fingerprint density at radius 3 is 2.83 bits per heavy atom. The second kappa shape index (κ2) is 10.4. The number of amides is 2. The molecule has 1 aromatic carbocycles. The van der Waals surface area contributed by atoms with Gasteiger partial charge < -0.3 is 14.5 Å². The lowest BCUT2D eigenvalue weighted by Crippen LogP contribution is -2.38. The highest BCUT2D eigenvalue weighted by Gasteiger charge is 2.32. The third kappa shape index (κ3) is 5.34. The minimum absolute atomic E-state index is 0.0386. The number of hydrogen-bond donors (Lipinski definition) is 0. The van der Waals surface area contributed by atoms with Crippen LogP contribution in [0.1, 0.15) is 12.0 Å². The van der Waals surface area contributed by atoms with Crippen LogP contribution in [0.5, 0.6) is 0 Å². The zero-order chi connectivity index (χ0) is 20.6. The molecule has 6 heteroatoms. The fourth-order valence-electron chi connectivity index (χ4n) is 3.74. The maximum absolute atomic E-state index is 13.2. The summed E-state index contributed by atoms with van der Waals surface area (Å²) in [7, 11) is 1.59. The van der Waals surface area contributed by atoms with E-state index in [9.17, 15) is 9.59 Å². The standard InChI is InChI=1S/C23H28N2O3S/c1-3-11-24-12-13-25(22(26)10-14-28-2)17-19(23(24)27)16-18-7-4-5-8-20(18)21-9-6-15-29-21/h3-9,15,19H,1,10-14,16-17H2,2H3/t19-/m0/s1. The van der Waals surface area contributed by atoms with Crippen molar-refractivity contribution in [2.45, 2.75) is 12.8 Å². The van der Waals surface area contributed by atoms with Crippen molar-refractivity contribution in [3.63, 3.8) is 0 Å². The molecule has 0 unspecified atom stereocenters. The lowest BCUT2D eigenvalue weighted by molar-refractivity contribution is -0.134. The van der Waals surface area contributed by atoms with E-state index in [1.165, 1.54) is 4.88 Å². The van der Waals surface area contributed by atoms with Crippen LogP contribution >= 0.6 is 11.3 Å². The Morgan fingerprint density at radius 1 is 1.28 bits per heavy atom. The molecule has 3 rings (SSSR count). The van der Waals surface area contributed by atoms with E-state index in [-0.39, 0.29) is 17.7 Å². The summed E-state index contributed by atoms with van der Waals surface area (Å²) in [6, 6.07) is 12.4. The first-order valence-electron chi connectivity index (χ1n) is 9.92. The van der Waals surface area contributed by atoms with Gasteiger partial charge in [0.05, 0.1) is 18.9 Å². The zero-order valence-corrected chi connectivity index (χ0v) is 17.7. The van der Waals surface area contributed by atoms with Crippen LogP contribution in [-0.2, 0) is 20.7 Å². The number of thiophene rings is 1. The van der Waals surface area contributed by atoms with Gasteiger partial charge in [-0.2, -0.15) is 0 Å². The molecule has 1 aliphatic heterocycles. The number of carbonyl (C=O) groups is 2. The van der Waals surface area contributed by atoms with Crippen molar-refractivity contribution in [1.29, 1.82) is 0 Å². The lowest BCUT2D eigenvalue weighted by Gasteiger charge is -2.24. The van der Waals surface area contributed by atoms with Crippen LogP contribution < -0.4 is 0 Å². The van der Waals surface area contributed by atoms with Gasteiger partial charge >= 0.3 is 0 Å². The molecule has 0 spiro atoms. The van der Waals surface area contributed by atoms with Crippen LogP contribution in [0.4, 0.5) is 0 Å². The maximum Gasteiger partial charge on any atom is 0.228 e. The van der Waals surface area contributed by atoms with E-state index < -0.39 is 0 Å². The number of benzene rings is 1. The molecule has 0 N–H and O–H groups in total. The third-order valence-electron chi connectivity index (χ3n) is 5.23. The minimum atomic E-state index is -0.273. The highest BCUT2D eigenvalue weighted by Crippen LogP contribution is 2.30. The largest absolute Gasteiger partial charge is 0.384 e. The minimum Gasteiger partial charge on any atom is -0.384 e. The van der Waals surface area contributed by atoms with Crippen molar-refractivity contribution in [3.8, 4) is 10.4 Å². The van der Waals surface area contributed by atoms with Gasteiger partial charge in [0.25, 0.3) is 0 Å². The van der Waals surface area contributed by atoms with Gasteiger partial charge in [0.1, 0.15) is 0 Å². The first-order chi connectivity index (χ1) is 14.1. The molecule has 29 heavy (non-hydrogen) atoms. The van der Waals surface area contributed by atoms with Crippen molar-refractivity contribution in [2.75, 3.05) is 39.9 Å². The van der Waals surface area contributed by atoms with Gasteiger partial charge in [-0.1, -0.05) is 36.4 Å². The Hall–Kier alpha value is -2.44. The Morgan fingerprint density at radius 2 is 2.10 bits per heavy atom. The van der Waals surface area contributed by atoms with Crippen molar-refractivity contribution in [3.05, 3.63) is 60.0 Å². The van der Waals surface area contributed by atoms with Crippen molar-refractivity contribution < 1.29 is 14.3 Å². The van der Waals surface area contributed by atoms with Crippen LogP contribution in [0, 0.1) is 5.92 Å². The molecule has 1 saturated heterocycles. The average molecular weight is 413 g/mol. The topological polar surface area (TPSA) is 49.9 Å². The van der Waals surface area contributed by atoms with Gasteiger partial charge in [0, 0.05) is 38.2 Å². The Kier molecular flexibility index (Phi) is 7.61. The summed E-state index contributed by atoms with van der Waals surface area (Å²) in [6.45, 7) is 6.20. The van der Waals surface area contributed by atoms with Gasteiger partial charge in [-0.05, 0) is 29.0 Å². The highest BCUT2D eigenvalue weighted by molar-refractivity contribution is 7.13. The molecule has 0 saturated carbocycles. The molecule has 154 valence electrons. The second-order valence-corrected chi connectivity index (χ2v) is 8.14. The fraction of sp³-hybridized carbons (Fsp3) is 0.391. The van der Waals surface area contributed by atoms with Crippen LogP contribution in [-0.4, -0.2) is 61.5 Å². The lowest BCUT2D eigenvalue weighted by atomic mass is 9.93. The summed E-state index contributed by atoms with van der Waals surface area (Å²) < 4.78 is 5.06. The van der Waals surface area contributed by atoms with E-state index in [0.29, 0.717) is 45.6 Å². The predicted octanol–water partition coefficient (Wildman–Crippen LogP) is 3.47. The van der Waals surface area contributed by atoms with E-state index in [2.05, 4.69) is 30.2 Å². The average Bonchev–Trinajstić information content (AvgIpc) is 3.22. The number of ether oxygens (including phenoxy) is 1. The van der Waals surface area contributed by atoms with Crippen molar-refractivity contribution in [1.82, 2.24) is 9.80 Å². The quantitative estimate of drug-likeness (QED) is 0.624. The van der Waals surface area contributed by atoms with Crippen molar-refractivity contribution in [2.24, 2.45) is 5.92 Å². The molecule has 1 aromatic heterocycles. The summed E-state index contributed by atoms with van der Waals surface area (Å²) in [4.78, 5) is 30.7. The molecule has 1 aliphatic rings. The van der Waals surface area contributed by atoms with Crippen LogP contribution in [0.25, 0.3) is 10.4 Å². The summed E-state index contributed by atoms with van der Waals surface area (Å²) in [5.74, 6) is -0.144. The van der Waals surface area contributed by atoms with Crippen LogP contribution in [0.15, 0.2) is 54.4 Å². The Balaban J connectivity index is 1.85. The molecule has 2 amide bonds. The molecular formula is C23H28N2O3S. The van der Waals surface area contributed by atoms with Crippen molar-refractivity contribution >= 4 is 23.2 Å². The summed E-state index contributed by atoms with van der Waals surface area (Å²) in [6.07, 6.45) is 2.69. The van der Waals surface area contributed by atoms with E-state index >= 15 is 0 Å². The first-order valence-corrected chi connectivity index (χ1v) is 10.8. The summed E-state index contributed by atoms with van der Waals surface area (Å²) >= 11 is 1.69. The molecule has 1 fully saturated rings. The van der Waals surface area contributed by atoms with Gasteiger partial charge in [0.15, 0.2) is 0 Å². The second-order valence-electron chi connectivity index (χ2n) is 7.19. The number of nitrogens with zero attached hydrogens (tertiary/aromatic N) is 2. The van der Waals surface area contributed by atoms with Gasteiger partial charge in [-0.3, -0.25) is 9.59 Å². The first kappa shape index (κ1) is 21.3. The number of methoxy groups -OCH3 is 1. The molecule has 2 aromatic rings. The Bertz CT molecular complexity index is 834. The van der Waals surface area contributed by atoms with Crippen LogP contribution in [0.2, 0.25) is 0 Å². The molecule has 0 bridgehead atoms. The zero-order valence-electron chi connectivity index (χ0n) is 16.9. The summed E-state index contributed by atoms with van der Waals surface area (Å²) in [5, 5.41) is 2.06. The number of hydrogen-bond acceptors (Lipinski definition) is 4. The number of carbonyl (C=O) groups excluding carboxylic acids is 2. The summed E-state index contributed by atoms with van der Waals surface area (Å²) in [5.41, 5.74) is 2.30. The molecule has 2 heterocycles. The normalized spacial score (nSPS) is 17.3. The maximum atomic E-state index is 13.2. The Labute approximate surface area is 176 Å². The SMILES string of the molecule is C=CCN1CCN(C(=O)CCOC)C[C@H](Cc2ccccc2-c2cccs2)C1=O. The smallest absolute Gasteiger partial charge is 0.228 e. The number of rotatable bonds is 8. The molecule has 5 nitrogen and oxygen atoms in total. The van der Waals surface area contributed by atoms with E-state index in [4.69, 9.17) is 4.74 Å². The van der Waals surface area contributed by atoms with E-state index in [1.54, 1.807) is 24.5 Å². The monoisotopic (exact) mass is 412 g/mol. The van der Waals surface area contributed by atoms with Crippen LogP contribution in [0.3, 0.4) is 0 Å². The van der Waals surface area contributed by atoms with E-state index in [0.717, 1.165) is 11.1 Å². The molecule has 1 atom stereocenters. The van der Waals surface area contributed by atoms with Gasteiger partial charge in [0.2, 0.25) is 11.8 Å².